The molecule has 3 aromatic rings. The Bertz CT molecular complexity index is 1230. The molecule has 1 aliphatic rings. The molecule has 15 heteroatoms. The van der Waals surface area contributed by atoms with Gasteiger partial charge < -0.3 is 20.8 Å². The largest absolute Gasteiger partial charge is 0.490 e. The van der Waals surface area contributed by atoms with Crippen LogP contribution in [0.15, 0.2) is 48.7 Å². The highest BCUT2D eigenvalue weighted by atomic mass is 32.1. The number of para-hydroxylation sites is 1. The van der Waals surface area contributed by atoms with Crippen molar-refractivity contribution in [1.29, 1.82) is 0 Å². The Morgan fingerprint density at radius 1 is 1.00 bits per heavy atom. The molecule has 1 saturated heterocycles. The predicted octanol–water partition coefficient (Wildman–Crippen LogP) is 4.92. The molecular weight excluding hydrogens is 544 g/mol. The van der Waals surface area contributed by atoms with E-state index in [0.717, 1.165) is 34.3 Å². The van der Waals surface area contributed by atoms with E-state index in [4.69, 9.17) is 19.8 Å². The van der Waals surface area contributed by atoms with Gasteiger partial charge in [0.15, 0.2) is 0 Å². The Hall–Kier alpha value is -3.72. The minimum Gasteiger partial charge on any atom is -0.475 e. The number of halogens is 6. The third kappa shape index (κ3) is 9.63. The lowest BCUT2D eigenvalue weighted by molar-refractivity contribution is -0.193. The second-order valence-corrected chi connectivity index (χ2v) is 8.79. The van der Waals surface area contributed by atoms with Crippen LogP contribution in [0.1, 0.15) is 39.0 Å². The Morgan fingerprint density at radius 3 is 2.16 bits per heavy atom. The first-order chi connectivity index (χ1) is 17.7. The van der Waals surface area contributed by atoms with E-state index in [0.29, 0.717) is 12.6 Å². The van der Waals surface area contributed by atoms with Crippen LogP contribution in [0.2, 0.25) is 0 Å². The average molecular weight is 565 g/mol. The van der Waals surface area contributed by atoms with E-state index in [2.05, 4.69) is 27.8 Å². The average Bonchev–Trinajstić information content (AvgIpc) is 3.54. The summed E-state index contributed by atoms with van der Waals surface area (Å²) in [5.74, 6) is -5.53. The molecule has 1 fully saturated rings. The van der Waals surface area contributed by atoms with Crippen molar-refractivity contribution < 1.29 is 50.9 Å². The number of amides is 1. The number of nitrogens with zero attached hydrogens (tertiary/aromatic N) is 1. The molecule has 0 spiro atoms. The number of aromatic nitrogens is 1. The maximum absolute atomic E-state index is 12.4. The summed E-state index contributed by atoms with van der Waals surface area (Å²) in [5, 5.41) is 21.8. The van der Waals surface area contributed by atoms with Gasteiger partial charge in [-0.3, -0.25) is 9.78 Å². The first kappa shape index (κ1) is 30.5. The molecule has 1 amide bonds. The van der Waals surface area contributed by atoms with E-state index >= 15 is 0 Å². The summed E-state index contributed by atoms with van der Waals surface area (Å²) < 4.78 is 63.5. The lowest BCUT2D eigenvalue weighted by atomic mass is 10.1. The molecule has 3 heterocycles. The minimum atomic E-state index is -5.08. The van der Waals surface area contributed by atoms with Crippen LogP contribution in [0.4, 0.5) is 26.3 Å². The second-order valence-electron chi connectivity index (χ2n) is 7.68. The minimum absolute atomic E-state index is 0.0163. The predicted molar refractivity (Wildman–Crippen MR) is 125 cm³/mol. The van der Waals surface area contributed by atoms with Crippen LogP contribution in [-0.2, 0) is 16.1 Å². The first-order valence-electron chi connectivity index (χ1n) is 10.7. The van der Waals surface area contributed by atoms with Crippen molar-refractivity contribution in [3.05, 3.63) is 64.0 Å². The standard InChI is InChI=1S/C19H19N3OS.2C2HF3O2/c23-19(18-8-7-17(24-18)16-6-3-9-20-16)22-12-13-10-14-4-1-2-5-15(14)21-11-13;2*3-2(4,5)1(6)7/h1-2,4-5,7-8,10-11,16,20H,3,6,9,12H2,(H,22,23);2*(H,6,7). The van der Waals surface area contributed by atoms with Crippen LogP contribution in [0, 0.1) is 0 Å². The quantitative estimate of drug-likeness (QED) is 0.331. The maximum atomic E-state index is 12.4. The lowest BCUT2D eigenvalue weighted by Crippen LogP contribution is -2.21. The summed E-state index contributed by atoms with van der Waals surface area (Å²) >= 11 is 1.59. The fraction of sp³-hybridized carbons (Fsp3) is 0.304. The van der Waals surface area contributed by atoms with Gasteiger partial charge in [0.2, 0.25) is 0 Å². The number of aliphatic carboxylic acids is 2. The van der Waals surface area contributed by atoms with Gasteiger partial charge in [-0.15, -0.1) is 11.3 Å². The Kier molecular flexibility index (Phi) is 10.6. The van der Waals surface area contributed by atoms with E-state index in [1.54, 1.807) is 11.3 Å². The molecule has 0 saturated carbocycles. The van der Waals surface area contributed by atoms with E-state index in [9.17, 15) is 31.1 Å². The zero-order valence-electron chi connectivity index (χ0n) is 19.3. The van der Waals surface area contributed by atoms with Crippen LogP contribution in [0.5, 0.6) is 0 Å². The van der Waals surface area contributed by atoms with Gasteiger partial charge in [-0.1, -0.05) is 18.2 Å². The third-order valence-electron chi connectivity index (χ3n) is 4.84. The van der Waals surface area contributed by atoms with Gasteiger partial charge >= 0.3 is 24.3 Å². The number of carbonyl (C=O) groups excluding carboxylic acids is 1. The number of carboxylic acid groups (broad SMARTS) is 2. The number of hydrogen-bond acceptors (Lipinski definition) is 6. The van der Waals surface area contributed by atoms with Crippen molar-refractivity contribution in [1.82, 2.24) is 15.6 Å². The zero-order chi connectivity index (χ0) is 28.5. The summed E-state index contributed by atoms with van der Waals surface area (Å²) in [5.41, 5.74) is 1.98. The van der Waals surface area contributed by atoms with Crippen LogP contribution in [0.25, 0.3) is 10.9 Å². The Morgan fingerprint density at radius 2 is 1.61 bits per heavy atom. The molecule has 2 aromatic heterocycles. The number of nitrogens with one attached hydrogen (secondary N) is 2. The van der Waals surface area contributed by atoms with Crippen molar-refractivity contribution in [2.24, 2.45) is 0 Å². The number of pyridine rings is 1. The van der Waals surface area contributed by atoms with Crippen molar-refractivity contribution in [3.63, 3.8) is 0 Å². The number of hydrogen-bond donors (Lipinski definition) is 4. The number of thiophene rings is 1. The van der Waals surface area contributed by atoms with Crippen molar-refractivity contribution in [2.45, 2.75) is 37.8 Å². The Labute approximate surface area is 215 Å². The molecule has 38 heavy (non-hydrogen) atoms. The highest BCUT2D eigenvalue weighted by Gasteiger charge is 2.38. The molecule has 206 valence electrons. The maximum Gasteiger partial charge on any atom is 0.490 e. The van der Waals surface area contributed by atoms with Crippen molar-refractivity contribution in [3.8, 4) is 0 Å². The first-order valence-corrected chi connectivity index (χ1v) is 11.6. The number of carbonyl (C=O) groups is 3. The fourth-order valence-electron chi connectivity index (χ4n) is 3.07. The zero-order valence-corrected chi connectivity index (χ0v) is 20.1. The number of benzene rings is 1. The molecular formula is C23H21F6N3O5S. The summed E-state index contributed by atoms with van der Waals surface area (Å²) in [4.78, 5) is 36.6. The second kappa shape index (κ2) is 13.2. The number of carboxylic acids is 2. The Balaban J connectivity index is 0.000000301. The fourth-order valence-corrected chi connectivity index (χ4v) is 4.11. The molecule has 1 aliphatic heterocycles. The van der Waals surface area contributed by atoms with Gasteiger partial charge in [-0.05, 0) is 49.2 Å². The van der Waals surface area contributed by atoms with Gasteiger partial charge in [-0.25, -0.2) is 9.59 Å². The molecule has 4 N–H and O–H groups in total. The van der Waals surface area contributed by atoms with E-state index in [-0.39, 0.29) is 5.91 Å². The van der Waals surface area contributed by atoms with E-state index < -0.39 is 24.3 Å². The molecule has 1 aromatic carbocycles. The van der Waals surface area contributed by atoms with Crippen LogP contribution in [0.3, 0.4) is 0 Å². The van der Waals surface area contributed by atoms with Crippen molar-refractivity contribution >= 4 is 40.1 Å². The molecule has 0 bridgehead atoms. The van der Waals surface area contributed by atoms with Gasteiger partial charge in [0.05, 0.1) is 10.4 Å². The molecule has 8 nitrogen and oxygen atoms in total. The monoisotopic (exact) mass is 565 g/mol. The van der Waals surface area contributed by atoms with Gasteiger partial charge in [-0.2, -0.15) is 26.3 Å². The molecule has 0 aliphatic carbocycles. The smallest absolute Gasteiger partial charge is 0.475 e. The van der Waals surface area contributed by atoms with Crippen LogP contribution < -0.4 is 10.6 Å². The number of fused-ring (bicyclic) bond motifs is 1. The van der Waals surface area contributed by atoms with E-state index in [1.165, 1.54) is 11.3 Å². The van der Waals surface area contributed by atoms with Crippen LogP contribution in [-0.4, -0.2) is 51.9 Å². The molecule has 1 unspecified atom stereocenters. The number of alkyl halides is 6. The SMILES string of the molecule is O=C(NCc1cnc2ccccc2c1)c1ccc(C2CCCN2)s1.O=C(O)C(F)(F)F.O=C(O)C(F)(F)F. The van der Waals surface area contributed by atoms with Crippen molar-refractivity contribution in [2.75, 3.05) is 6.54 Å². The molecule has 0 radical (unpaired) electrons. The third-order valence-corrected chi connectivity index (χ3v) is 6.04. The van der Waals surface area contributed by atoms with E-state index in [1.807, 2.05) is 36.5 Å². The summed E-state index contributed by atoms with van der Waals surface area (Å²) in [7, 11) is 0. The summed E-state index contributed by atoms with van der Waals surface area (Å²) in [6.07, 6.45) is -5.98. The van der Waals surface area contributed by atoms with Gasteiger partial charge in [0.1, 0.15) is 0 Å². The van der Waals surface area contributed by atoms with Gasteiger partial charge in [0, 0.05) is 29.0 Å². The summed E-state index contributed by atoms with van der Waals surface area (Å²) in [6, 6.07) is 14.5. The molecule has 4 rings (SSSR count). The highest BCUT2D eigenvalue weighted by molar-refractivity contribution is 7.14. The van der Waals surface area contributed by atoms with Gasteiger partial charge in [0.25, 0.3) is 5.91 Å². The van der Waals surface area contributed by atoms with Crippen LogP contribution >= 0.6 is 11.3 Å². The topological polar surface area (TPSA) is 129 Å². The highest BCUT2D eigenvalue weighted by Crippen LogP contribution is 2.29. The normalized spacial score (nSPS) is 15.1. The molecule has 1 atom stereocenters. The number of rotatable bonds is 4. The summed E-state index contributed by atoms with van der Waals surface area (Å²) in [6.45, 7) is 1.56. The lowest BCUT2D eigenvalue weighted by Gasteiger charge is -2.06.